The van der Waals surface area contributed by atoms with Gasteiger partial charge in [-0.1, -0.05) is 43.3 Å². The van der Waals surface area contributed by atoms with Gasteiger partial charge in [0.25, 0.3) is 0 Å². The van der Waals surface area contributed by atoms with Crippen molar-refractivity contribution < 1.29 is 0 Å². The molecule has 2 aromatic carbocycles. The fraction of sp³-hybridized carbons (Fsp3) is 0.333. The van der Waals surface area contributed by atoms with Gasteiger partial charge in [0.05, 0.1) is 0 Å². The van der Waals surface area contributed by atoms with Crippen molar-refractivity contribution in [2.75, 3.05) is 0 Å². The molecule has 0 amide bonds. The molecule has 1 N–H and O–H groups in total. The van der Waals surface area contributed by atoms with Gasteiger partial charge in [-0.2, -0.15) is 0 Å². The van der Waals surface area contributed by atoms with E-state index in [2.05, 4.69) is 48.6 Å². The Bertz CT molecular complexity index is 516. The third-order valence-electron chi connectivity index (χ3n) is 3.66. The topological polar surface area (TPSA) is 12.0 Å². The van der Waals surface area contributed by atoms with E-state index in [1.165, 1.54) is 29.2 Å². The number of benzene rings is 2. The minimum atomic E-state index is 0.651. The van der Waals surface area contributed by atoms with Crippen LogP contribution in [0.25, 0.3) is 10.8 Å². The summed E-state index contributed by atoms with van der Waals surface area (Å²) in [6, 6.07) is 13.9. The quantitative estimate of drug-likeness (QED) is 0.763. The van der Waals surface area contributed by atoms with Crippen LogP contribution in [0.2, 0.25) is 0 Å². The van der Waals surface area contributed by atoms with Crippen LogP contribution in [0.5, 0.6) is 0 Å². The summed E-state index contributed by atoms with van der Waals surface area (Å²) in [6.45, 7) is 3.28. The zero-order chi connectivity index (χ0) is 11.0. The molecule has 1 atom stereocenters. The minimum absolute atomic E-state index is 0.651. The Hall–Kier alpha value is -1.34. The molecule has 0 fully saturated rings. The summed E-state index contributed by atoms with van der Waals surface area (Å²) < 4.78 is 0. The van der Waals surface area contributed by atoms with Gasteiger partial charge in [-0.05, 0) is 34.7 Å². The zero-order valence-electron chi connectivity index (χ0n) is 9.66. The summed E-state index contributed by atoms with van der Waals surface area (Å²) in [5.41, 5.74) is 3.03. The molecule has 82 valence electrons. The third-order valence-corrected chi connectivity index (χ3v) is 3.66. The number of nitrogens with one attached hydrogen (secondary N) is 1. The van der Waals surface area contributed by atoms with Gasteiger partial charge < -0.3 is 5.32 Å². The summed E-state index contributed by atoms with van der Waals surface area (Å²) >= 11 is 0. The predicted octanol–water partition coefficient (Wildman–Crippen LogP) is 3.26. The molecule has 0 aromatic heterocycles. The fourth-order valence-electron chi connectivity index (χ4n) is 2.65. The van der Waals surface area contributed by atoms with Crippen molar-refractivity contribution in [1.82, 2.24) is 5.32 Å². The zero-order valence-corrected chi connectivity index (χ0v) is 9.66. The summed E-state index contributed by atoms with van der Waals surface area (Å²) in [4.78, 5) is 0. The monoisotopic (exact) mass is 211 g/mol. The van der Waals surface area contributed by atoms with Crippen LogP contribution in [-0.2, 0) is 13.0 Å². The van der Waals surface area contributed by atoms with Gasteiger partial charge in [-0.15, -0.1) is 0 Å². The lowest BCUT2D eigenvalue weighted by Crippen LogP contribution is -2.34. The summed E-state index contributed by atoms with van der Waals surface area (Å²) in [6.07, 6.45) is 2.38. The Labute approximate surface area is 96.5 Å². The first-order chi connectivity index (χ1) is 7.88. The molecule has 0 saturated heterocycles. The van der Waals surface area contributed by atoms with Crippen LogP contribution in [0.15, 0.2) is 36.4 Å². The van der Waals surface area contributed by atoms with Crippen molar-refractivity contribution in [2.45, 2.75) is 32.4 Å². The maximum Gasteiger partial charge on any atom is 0.0211 e. The highest BCUT2D eigenvalue weighted by atomic mass is 14.9. The van der Waals surface area contributed by atoms with Crippen molar-refractivity contribution >= 4 is 10.8 Å². The second-order valence-corrected chi connectivity index (χ2v) is 4.61. The smallest absolute Gasteiger partial charge is 0.0211 e. The van der Waals surface area contributed by atoms with Crippen LogP contribution in [0.1, 0.15) is 24.5 Å². The van der Waals surface area contributed by atoms with Crippen LogP contribution in [0.4, 0.5) is 0 Å². The number of fused-ring (bicyclic) bond motifs is 3. The van der Waals surface area contributed by atoms with Gasteiger partial charge in [0, 0.05) is 12.6 Å². The average Bonchev–Trinajstić information content (AvgIpc) is 2.38. The Morgan fingerprint density at radius 2 is 2.06 bits per heavy atom. The van der Waals surface area contributed by atoms with E-state index in [9.17, 15) is 0 Å². The maximum atomic E-state index is 3.59. The lowest BCUT2D eigenvalue weighted by atomic mass is 9.90. The van der Waals surface area contributed by atoms with Crippen LogP contribution in [0, 0.1) is 0 Å². The standard InChI is InChI=1S/C15H17N/c1-2-13-9-15-12(10-16-13)8-7-11-5-3-4-6-14(11)15/h3-8,13,16H,2,9-10H2,1H3. The molecule has 1 aliphatic heterocycles. The van der Waals surface area contributed by atoms with Gasteiger partial charge >= 0.3 is 0 Å². The van der Waals surface area contributed by atoms with Gasteiger partial charge in [-0.25, -0.2) is 0 Å². The summed E-state index contributed by atoms with van der Waals surface area (Å²) in [5, 5.41) is 6.41. The highest BCUT2D eigenvalue weighted by Crippen LogP contribution is 2.26. The second-order valence-electron chi connectivity index (χ2n) is 4.61. The molecule has 0 saturated carbocycles. The molecule has 1 heterocycles. The van der Waals surface area contributed by atoms with Crippen molar-refractivity contribution in [3.05, 3.63) is 47.5 Å². The highest BCUT2D eigenvalue weighted by molar-refractivity contribution is 5.87. The van der Waals surface area contributed by atoms with E-state index in [1.54, 1.807) is 5.56 Å². The minimum Gasteiger partial charge on any atom is -0.310 e. The van der Waals surface area contributed by atoms with E-state index >= 15 is 0 Å². The molecule has 0 spiro atoms. The molecule has 0 radical (unpaired) electrons. The first-order valence-electron chi connectivity index (χ1n) is 6.11. The van der Waals surface area contributed by atoms with Gasteiger partial charge in [0.15, 0.2) is 0 Å². The molecule has 1 unspecified atom stereocenters. The first-order valence-corrected chi connectivity index (χ1v) is 6.11. The molecule has 1 nitrogen and oxygen atoms in total. The van der Waals surface area contributed by atoms with E-state index in [0.29, 0.717) is 6.04 Å². The van der Waals surface area contributed by atoms with Gasteiger partial charge in [0.1, 0.15) is 0 Å². The number of rotatable bonds is 1. The van der Waals surface area contributed by atoms with Gasteiger partial charge in [-0.3, -0.25) is 0 Å². The lowest BCUT2D eigenvalue weighted by molar-refractivity contribution is 0.470. The summed E-state index contributed by atoms with van der Waals surface area (Å²) in [7, 11) is 0. The number of hydrogen-bond acceptors (Lipinski definition) is 1. The van der Waals surface area contributed by atoms with Crippen molar-refractivity contribution in [1.29, 1.82) is 0 Å². The molecule has 0 bridgehead atoms. The van der Waals surface area contributed by atoms with E-state index in [4.69, 9.17) is 0 Å². The van der Waals surface area contributed by atoms with Gasteiger partial charge in [0.2, 0.25) is 0 Å². The molecular weight excluding hydrogens is 194 g/mol. The second kappa shape index (κ2) is 3.91. The van der Waals surface area contributed by atoms with E-state index in [1.807, 2.05) is 0 Å². The lowest BCUT2D eigenvalue weighted by Gasteiger charge is -2.26. The third kappa shape index (κ3) is 1.52. The summed E-state index contributed by atoms with van der Waals surface area (Å²) in [5.74, 6) is 0. The van der Waals surface area contributed by atoms with Crippen LogP contribution >= 0.6 is 0 Å². The average molecular weight is 211 g/mol. The predicted molar refractivity (Wildman–Crippen MR) is 68.6 cm³/mol. The van der Waals surface area contributed by atoms with Crippen molar-refractivity contribution in [3.8, 4) is 0 Å². The number of hydrogen-bond donors (Lipinski definition) is 1. The largest absolute Gasteiger partial charge is 0.310 e. The van der Waals surface area contributed by atoms with Crippen molar-refractivity contribution in [2.24, 2.45) is 0 Å². The molecule has 3 rings (SSSR count). The Kier molecular flexibility index (Phi) is 2.41. The molecule has 16 heavy (non-hydrogen) atoms. The van der Waals surface area contributed by atoms with E-state index < -0.39 is 0 Å². The van der Waals surface area contributed by atoms with Crippen LogP contribution in [0.3, 0.4) is 0 Å². The van der Waals surface area contributed by atoms with Crippen LogP contribution in [-0.4, -0.2) is 6.04 Å². The molecule has 1 aliphatic rings. The molecule has 2 aromatic rings. The highest BCUT2D eigenvalue weighted by Gasteiger charge is 2.17. The maximum absolute atomic E-state index is 3.59. The SMILES string of the molecule is CCC1Cc2c(ccc3ccccc23)CN1. The molecular formula is C15H17N. The Balaban J connectivity index is 2.17. The Morgan fingerprint density at radius 3 is 2.94 bits per heavy atom. The molecule has 0 aliphatic carbocycles. The molecule has 1 heteroatoms. The van der Waals surface area contributed by atoms with E-state index in [0.717, 1.165) is 6.54 Å². The first kappa shape index (κ1) is 9.86. The normalized spacial score (nSPS) is 19.7. The van der Waals surface area contributed by atoms with Crippen molar-refractivity contribution in [3.63, 3.8) is 0 Å². The van der Waals surface area contributed by atoms with Crippen LogP contribution < -0.4 is 5.32 Å². The fourth-order valence-corrected chi connectivity index (χ4v) is 2.65. The Morgan fingerprint density at radius 1 is 1.19 bits per heavy atom. The van der Waals surface area contributed by atoms with E-state index in [-0.39, 0.29) is 0 Å².